The third kappa shape index (κ3) is 2.46. The van der Waals surface area contributed by atoms with Crippen molar-refractivity contribution in [1.82, 2.24) is 9.97 Å². The van der Waals surface area contributed by atoms with E-state index in [1.165, 1.54) is 0 Å². The number of hydrogen-bond acceptors (Lipinski definition) is 4. The SMILES string of the molecule is Cc1nc(CC(N)c2ccncc2C)cs1. The van der Waals surface area contributed by atoms with Gasteiger partial charge in [-0.25, -0.2) is 4.98 Å². The second-order valence-corrected chi connectivity index (χ2v) is 4.96. The maximum absolute atomic E-state index is 6.17. The minimum atomic E-state index is 0.00417. The molecule has 2 aromatic rings. The maximum atomic E-state index is 6.17. The molecule has 2 rings (SSSR count). The molecule has 1 atom stereocenters. The Kier molecular flexibility index (Phi) is 3.31. The zero-order valence-electron chi connectivity index (χ0n) is 9.47. The van der Waals surface area contributed by atoms with E-state index in [0.29, 0.717) is 0 Å². The molecule has 0 bridgehead atoms. The van der Waals surface area contributed by atoms with Crippen LogP contribution in [0.4, 0.5) is 0 Å². The molecule has 84 valence electrons. The molecule has 0 aliphatic rings. The van der Waals surface area contributed by atoms with E-state index in [2.05, 4.69) is 15.3 Å². The molecule has 2 aromatic heterocycles. The maximum Gasteiger partial charge on any atom is 0.0897 e. The molecule has 2 heterocycles. The molecule has 1 unspecified atom stereocenters. The van der Waals surface area contributed by atoms with Gasteiger partial charge in [-0.15, -0.1) is 11.3 Å². The molecule has 4 heteroatoms. The fourth-order valence-electron chi connectivity index (χ4n) is 1.74. The summed E-state index contributed by atoms with van der Waals surface area (Å²) in [5.41, 5.74) is 9.54. The number of pyridine rings is 1. The smallest absolute Gasteiger partial charge is 0.0897 e. The van der Waals surface area contributed by atoms with E-state index >= 15 is 0 Å². The molecule has 3 nitrogen and oxygen atoms in total. The molecule has 0 aliphatic heterocycles. The standard InChI is InChI=1S/C12H15N3S/c1-8-6-14-4-3-11(8)12(13)5-10-7-16-9(2)15-10/h3-4,6-7,12H,5,13H2,1-2H3. The number of thiazole rings is 1. The zero-order chi connectivity index (χ0) is 11.5. The van der Waals surface area contributed by atoms with Crippen molar-refractivity contribution in [3.05, 3.63) is 45.7 Å². The molecule has 0 saturated carbocycles. The van der Waals surface area contributed by atoms with Crippen LogP contribution in [0, 0.1) is 13.8 Å². The Morgan fingerprint density at radius 2 is 2.25 bits per heavy atom. The molecule has 0 aliphatic carbocycles. The fourth-order valence-corrected chi connectivity index (χ4v) is 2.36. The summed E-state index contributed by atoms with van der Waals surface area (Å²) in [5, 5.41) is 3.17. The molecular formula is C12H15N3S. The van der Waals surface area contributed by atoms with Crippen molar-refractivity contribution in [3.8, 4) is 0 Å². The fraction of sp³-hybridized carbons (Fsp3) is 0.333. The zero-order valence-corrected chi connectivity index (χ0v) is 10.3. The molecule has 16 heavy (non-hydrogen) atoms. The predicted molar refractivity (Wildman–Crippen MR) is 66.5 cm³/mol. The van der Waals surface area contributed by atoms with Crippen LogP contribution in [0.25, 0.3) is 0 Å². The molecule has 0 fully saturated rings. The average molecular weight is 233 g/mol. The van der Waals surface area contributed by atoms with E-state index in [1.54, 1.807) is 17.5 Å². The van der Waals surface area contributed by atoms with Crippen molar-refractivity contribution in [3.63, 3.8) is 0 Å². The van der Waals surface area contributed by atoms with Crippen molar-refractivity contribution >= 4 is 11.3 Å². The van der Waals surface area contributed by atoms with Gasteiger partial charge in [0.05, 0.1) is 10.7 Å². The molecule has 0 amide bonds. The topological polar surface area (TPSA) is 51.8 Å². The first kappa shape index (κ1) is 11.2. The van der Waals surface area contributed by atoms with Crippen LogP contribution in [0.3, 0.4) is 0 Å². The van der Waals surface area contributed by atoms with Gasteiger partial charge in [0.25, 0.3) is 0 Å². The van der Waals surface area contributed by atoms with E-state index in [0.717, 1.165) is 28.2 Å². The normalized spacial score (nSPS) is 12.7. The van der Waals surface area contributed by atoms with E-state index in [1.807, 2.05) is 26.1 Å². The Morgan fingerprint density at radius 3 is 2.88 bits per heavy atom. The van der Waals surface area contributed by atoms with Crippen molar-refractivity contribution in [2.45, 2.75) is 26.3 Å². The second-order valence-electron chi connectivity index (χ2n) is 3.90. The lowest BCUT2D eigenvalue weighted by Crippen LogP contribution is -2.15. The van der Waals surface area contributed by atoms with Crippen LogP contribution < -0.4 is 5.73 Å². The van der Waals surface area contributed by atoms with Crippen LogP contribution in [-0.4, -0.2) is 9.97 Å². The van der Waals surface area contributed by atoms with Crippen LogP contribution >= 0.6 is 11.3 Å². The monoisotopic (exact) mass is 233 g/mol. The summed E-state index contributed by atoms with van der Waals surface area (Å²) >= 11 is 1.67. The average Bonchev–Trinajstić information content (AvgIpc) is 2.64. The van der Waals surface area contributed by atoms with Gasteiger partial charge in [-0.05, 0) is 31.0 Å². The summed E-state index contributed by atoms with van der Waals surface area (Å²) in [7, 11) is 0. The van der Waals surface area contributed by atoms with Gasteiger partial charge >= 0.3 is 0 Å². The molecule has 0 aromatic carbocycles. The minimum absolute atomic E-state index is 0.00417. The third-order valence-corrected chi connectivity index (χ3v) is 3.38. The number of aromatic nitrogens is 2. The highest BCUT2D eigenvalue weighted by Gasteiger charge is 2.11. The molecule has 2 N–H and O–H groups in total. The highest BCUT2D eigenvalue weighted by atomic mass is 32.1. The number of aryl methyl sites for hydroxylation is 2. The highest BCUT2D eigenvalue weighted by Crippen LogP contribution is 2.19. The first-order valence-corrected chi connectivity index (χ1v) is 6.12. The summed E-state index contributed by atoms with van der Waals surface area (Å²) in [4.78, 5) is 8.50. The molecular weight excluding hydrogens is 218 g/mol. The predicted octanol–water partition coefficient (Wildman–Crippen LogP) is 2.40. The lowest BCUT2D eigenvalue weighted by Gasteiger charge is -2.12. The van der Waals surface area contributed by atoms with Crippen molar-refractivity contribution in [2.24, 2.45) is 5.73 Å². The Bertz CT molecular complexity index is 479. The lowest BCUT2D eigenvalue weighted by atomic mass is 10.0. The Balaban J connectivity index is 2.14. The van der Waals surface area contributed by atoms with Gasteiger partial charge in [-0.3, -0.25) is 4.98 Å². The van der Waals surface area contributed by atoms with Gasteiger partial charge in [0, 0.05) is 30.2 Å². The molecule has 0 radical (unpaired) electrons. The summed E-state index contributed by atoms with van der Waals surface area (Å²) in [6.45, 7) is 4.05. The van der Waals surface area contributed by atoms with Crippen molar-refractivity contribution < 1.29 is 0 Å². The van der Waals surface area contributed by atoms with E-state index < -0.39 is 0 Å². The Hall–Kier alpha value is -1.26. The van der Waals surface area contributed by atoms with Crippen LogP contribution in [0.5, 0.6) is 0 Å². The summed E-state index contributed by atoms with van der Waals surface area (Å²) in [6, 6.07) is 1.99. The lowest BCUT2D eigenvalue weighted by molar-refractivity contribution is 0.702. The van der Waals surface area contributed by atoms with Crippen molar-refractivity contribution in [1.29, 1.82) is 0 Å². The van der Waals surface area contributed by atoms with E-state index in [4.69, 9.17) is 5.73 Å². The van der Waals surface area contributed by atoms with Gasteiger partial charge in [0.2, 0.25) is 0 Å². The number of nitrogens with zero attached hydrogens (tertiary/aromatic N) is 2. The van der Waals surface area contributed by atoms with Gasteiger partial charge in [-0.2, -0.15) is 0 Å². The largest absolute Gasteiger partial charge is 0.324 e. The van der Waals surface area contributed by atoms with Gasteiger partial charge in [0.1, 0.15) is 0 Å². The van der Waals surface area contributed by atoms with Crippen LogP contribution in [0.2, 0.25) is 0 Å². The van der Waals surface area contributed by atoms with E-state index in [-0.39, 0.29) is 6.04 Å². The first-order valence-electron chi connectivity index (χ1n) is 5.24. The van der Waals surface area contributed by atoms with Crippen LogP contribution in [0.15, 0.2) is 23.8 Å². The van der Waals surface area contributed by atoms with Crippen LogP contribution in [0.1, 0.15) is 27.9 Å². The first-order chi connectivity index (χ1) is 7.66. The van der Waals surface area contributed by atoms with Gasteiger partial charge in [-0.1, -0.05) is 0 Å². The van der Waals surface area contributed by atoms with Gasteiger partial charge < -0.3 is 5.73 Å². The summed E-state index contributed by atoms with van der Waals surface area (Å²) < 4.78 is 0. The van der Waals surface area contributed by atoms with Crippen molar-refractivity contribution in [2.75, 3.05) is 0 Å². The molecule has 0 saturated heterocycles. The number of nitrogens with two attached hydrogens (primary N) is 1. The number of hydrogen-bond donors (Lipinski definition) is 1. The third-order valence-electron chi connectivity index (χ3n) is 2.56. The second kappa shape index (κ2) is 4.72. The Morgan fingerprint density at radius 1 is 1.44 bits per heavy atom. The quantitative estimate of drug-likeness (QED) is 0.885. The summed E-state index contributed by atoms with van der Waals surface area (Å²) in [6.07, 6.45) is 4.42. The highest BCUT2D eigenvalue weighted by molar-refractivity contribution is 7.09. The summed E-state index contributed by atoms with van der Waals surface area (Å²) in [5.74, 6) is 0. The Labute approximate surface area is 99.4 Å². The molecule has 0 spiro atoms. The van der Waals surface area contributed by atoms with Crippen LogP contribution in [-0.2, 0) is 6.42 Å². The van der Waals surface area contributed by atoms with Gasteiger partial charge in [0.15, 0.2) is 0 Å². The number of rotatable bonds is 3. The van der Waals surface area contributed by atoms with E-state index in [9.17, 15) is 0 Å². The minimum Gasteiger partial charge on any atom is -0.324 e.